The van der Waals surface area contributed by atoms with Gasteiger partial charge in [-0.05, 0) is 30.7 Å². The number of rotatable bonds is 0. The van der Waals surface area contributed by atoms with E-state index in [-0.39, 0.29) is 0 Å². The molecule has 17 heavy (non-hydrogen) atoms. The van der Waals surface area contributed by atoms with Crippen LogP contribution >= 0.6 is 0 Å². The van der Waals surface area contributed by atoms with Crippen molar-refractivity contribution in [3.05, 3.63) is 42.0 Å². The van der Waals surface area contributed by atoms with E-state index in [9.17, 15) is 5.11 Å². The Kier molecular flexibility index (Phi) is 1.74. The highest BCUT2D eigenvalue weighted by Gasteiger charge is 2.33. The third-order valence-corrected chi connectivity index (χ3v) is 3.05. The van der Waals surface area contributed by atoms with Crippen LogP contribution in [0.15, 0.2) is 36.4 Å². The molecule has 88 valence electrons. The molecule has 0 aromatic heterocycles. The maximum absolute atomic E-state index is 10.5. The highest BCUT2D eigenvalue weighted by Crippen LogP contribution is 2.42. The van der Waals surface area contributed by atoms with Gasteiger partial charge < -0.3 is 9.84 Å². The highest BCUT2D eigenvalue weighted by atomic mass is 16.5. The van der Waals surface area contributed by atoms with Crippen LogP contribution in [0.4, 0.5) is 0 Å². The second-order valence-electron chi connectivity index (χ2n) is 4.86. The Balaban J connectivity index is 2.32. The maximum atomic E-state index is 10.5. The first-order chi connectivity index (χ1) is 8.84. The largest absolute Gasteiger partial charge is 0.487 e. The molecule has 0 saturated heterocycles. The highest BCUT2D eigenvalue weighted by molar-refractivity contribution is 5.88. The minimum Gasteiger partial charge on any atom is -0.487 e. The zero-order chi connectivity index (χ0) is 13.8. The Morgan fingerprint density at radius 3 is 2.88 bits per heavy atom. The predicted octanol–water partition coefficient (Wildman–Crippen LogP) is 3.43. The number of hydrogen-bond donors (Lipinski definition) is 1. The van der Waals surface area contributed by atoms with Crippen LogP contribution in [-0.4, -0.2) is 10.7 Å². The lowest BCUT2D eigenvalue weighted by Crippen LogP contribution is -2.34. The van der Waals surface area contributed by atoms with Gasteiger partial charge in [0.1, 0.15) is 11.4 Å². The average molecular weight is 230 g/mol. The molecule has 0 spiro atoms. The van der Waals surface area contributed by atoms with Gasteiger partial charge in [0.15, 0.2) is 0 Å². The second kappa shape index (κ2) is 3.47. The topological polar surface area (TPSA) is 29.5 Å². The molecule has 2 nitrogen and oxygen atoms in total. The number of aliphatic hydroxyl groups excluding tert-OH is 1. The lowest BCUT2D eigenvalue weighted by molar-refractivity contribution is 0.0126. The maximum Gasteiger partial charge on any atom is 0.126 e. The Morgan fingerprint density at radius 2 is 2.06 bits per heavy atom. The van der Waals surface area contributed by atoms with Crippen LogP contribution in [0.5, 0.6) is 5.75 Å². The van der Waals surface area contributed by atoms with E-state index in [4.69, 9.17) is 7.48 Å². The Labute approximate surface area is 104 Å². The molecule has 2 heteroatoms. The number of hydrogen-bond acceptors (Lipinski definition) is 2. The third kappa shape index (κ3) is 1.69. The summed E-state index contributed by atoms with van der Waals surface area (Å²) in [4.78, 5) is 0. The molecule has 1 unspecified atom stereocenters. The molecule has 1 heterocycles. The van der Waals surface area contributed by atoms with Gasteiger partial charge in [-0.2, -0.15) is 0 Å². The molecular formula is C15H16O2. The van der Waals surface area contributed by atoms with E-state index < -0.39 is 18.1 Å². The van der Waals surface area contributed by atoms with Gasteiger partial charge in [0, 0.05) is 14.7 Å². The van der Waals surface area contributed by atoms with Gasteiger partial charge in [-0.3, -0.25) is 0 Å². The van der Waals surface area contributed by atoms with Crippen molar-refractivity contribution in [2.24, 2.45) is 0 Å². The standard InChI is InChI=1S/C15H16O2/c1-15(2)9-12(16)14-11-6-4-3-5-10(11)7-8-13(14)17-15/h3-8,12,16H,9H2,1-2H3/i9D2. The molecule has 1 atom stereocenters. The number of fused-ring (bicyclic) bond motifs is 3. The van der Waals surface area contributed by atoms with E-state index >= 15 is 0 Å². The van der Waals surface area contributed by atoms with Gasteiger partial charge in [-0.25, -0.2) is 0 Å². The summed E-state index contributed by atoms with van der Waals surface area (Å²) >= 11 is 0. The normalized spacial score (nSPS) is 26.6. The van der Waals surface area contributed by atoms with Crippen LogP contribution in [0.1, 0.15) is 34.6 Å². The molecule has 0 saturated carbocycles. The zero-order valence-corrected chi connectivity index (χ0v) is 9.90. The summed E-state index contributed by atoms with van der Waals surface area (Å²) < 4.78 is 22.0. The van der Waals surface area contributed by atoms with E-state index in [0.29, 0.717) is 11.3 Å². The Hall–Kier alpha value is -1.54. The molecular weight excluding hydrogens is 212 g/mol. The monoisotopic (exact) mass is 230 g/mol. The number of benzene rings is 2. The van der Waals surface area contributed by atoms with Gasteiger partial charge in [0.2, 0.25) is 0 Å². The predicted molar refractivity (Wildman–Crippen MR) is 68.2 cm³/mol. The summed E-state index contributed by atoms with van der Waals surface area (Å²) in [6.45, 7) is 3.32. The molecule has 0 radical (unpaired) electrons. The first-order valence-corrected chi connectivity index (χ1v) is 5.73. The minimum absolute atomic E-state index is 0.544. The molecule has 1 N–H and O–H groups in total. The average Bonchev–Trinajstić information content (AvgIpc) is 2.36. The summed E-state index contributed by atoms with van der Waals surface area (Å²) in [5.41, 5.74) is -0.524. The molecule has 2 aromatic rings. The molecule has 0 aliphatic carbocycles. The first kappa shape index (κ1) is 8.54. The van der Waals surface area contributed by atoms with Crippen LogP contribution in [0.3, 0.4) is 0 Å². The van der Waals surface area contributed by atoms with Crippen LogP contribution in [-0.2, 0) is 0 Å². The smallest absolute Gasteiger partial charge is 0.126 e. The van der Waals surface area contributed by atoms with Crippen molar-refractivity contribution < 1.29 is 12.6 Å². The van der Waals surface area contributed by atoms with Crippen molar-refractivity contribution in [1.29, 1.82) is 0 Å². The van der Waals surface area contributed by atoms with Gasteiger partial charge in [0.25, 0.3) is 0 Å². The lowest BCUT2D eigenvalue weighted by Gasteiger charge is -2.36. The van der Waals surface area contributed by atoms with E-state index in [2.05, 4.69) is 0 Å². The Morgan fingerprint density at radius 1 is 1.29 bits per heavy atom. The van der Waals surface area contributed by atoms with Crippen molar-refractivity contribution in [2.45, 2.75) is 31.9 Å². The fourth-order valence-corrected chi connectivity index (χ4v) is 2.35. The molecule has 0 fully saturated rings. The van der Waals surface area contributed by atoms with Crippen LogP contribution in [0.25, 0.3) is 10.8 Å². The van der Waals surface area contributed by atoms with E-state index in [0.717, 1.165) is 10.8 Å². The minimum atomic E-state index is -1.84. The lowest BCUT2D eigenvalue weighted by atomic mass is 9.89. The molecule has 0 bridgehead atoms. The van der Waals surface area contributed by atoms with E-state index in [1.54, 1.807) is 19.9 Å². The van der Waals surface area contributed by atoms with Crippen molar-refractivity contribution >= 4 is 10.8 Å². The second-order valence-corrected chi connectivity index (χ2v) is 4.86. The van der Waals surface area contributed by atoms with Gasteiger partial charge >= 0.3 is 0 Å². The Bertz CT molecular complexity index is 650. The summed E-state index contributed by atoms with van der Waals surface area (Å²) in [5, 5.41) is 12.3. The SMILES string of the molecule is [2H]C1([2H])C(O)c2c(ccc3ccccc23)OC1(C)C. The molecule has 3 rings (SSSR count). The molecule has 0 amide bonds. The number of ether oxygens (including phenoxy) is 1. The van der Waals surface area contributed by atoms with Crippen molar-refractivity contribution in [3.8, 4) is 5.75 Å². The fraction of sp³-hybridized carbons (Fsp3) is 0.333. The fourth-order valence-electron chi connectivity index (χ4n) is 2.35. The van der Waals surface area contributed by atoms with Crippen LogP contribution < -0.4 is 4.74 Å². The van der Waals surface area contributed by atoms with Crippen molar-refractivity contribution in [2.75, 3.05) is 0 Å². The first-order valence-electron chi connectivity index (χ1n) is 6.73. The molecule has 1 aliphatic rings. The molecule has 1 aliphatic heterocycles. The van der Waals surface area contributed by atoms with Gasteiger partial charge in [-0.1, -0.05) is 30.3 Å². The zero-order valence-electron chi connectivity index (χ0n) is 11.9. The van der Waals surface area contributed by atoms with Crippen LogP contribution in [0.2, 0.25) is 0 Å². The summed E-state index contributed by atoms with van der Waals surface area (Å²) in [6, 6.07) is 11.4. The summed E-state index contributed by atoms with van der Waals surface area (Å²) in [5.74, 6) is 0.561. The van der Waals surface area contributed by atoms with Gasteiger partial charge in [-0.15, -0.1) is 0 Å². The van der Waals surface area contributed by atoms with Crippen LogP contribution in [0, 0.1) is 0 Å². The third-order valence-electron chi connectivity index (χ3n) is 3.05. The quantitative estimate of drug-likeness (QED) is 0.751. The summed E-state index contributed by atoms with van der Waals surface area (Å²) in [7, 11) is 0. The summed E-state index contributed by atoms with van der Waals surface area (Å²) in [6.07, 6.45) is -3.04. The number of aliphatic hydroxyl groups is 1. The van der Waals surface area contributed by atoms with E-state index in [1.165, 1.54) is 0 Å². The van der Waals surface area contributed by atoms with E-state index in [1.807, 2.05) is 30.3 Å². The van der Waals surface area contributed by atoms with Gasteiger partial charge in [0.05, 0.1) is 6.10 Å². The molecule has 2 aromatic carbocycles. The van der Waals surface area contributed by atoms with Crippen molar-refractivity contribution in [1.82, 2.24) is 0 Å². The van der Waals surface area contributed by atoms with Crippen molar-refractivity contribution in [3.63, 3.8) is 0 Å².